The Bertz CT molecular complexity index is 382. The van der Waals surface area contributed by atoms with E-state index in [1.165, 1.54) is 19.3 Å². The Balaban J connectivity index is 2.05. The monoisotopic (exact) mass is 298 g/mol. The second kappa shape index (κ2) is 7.11. The van der Waals surface area contributed by atoms with Crippen molar-refractivity contribution in [2.24, 2.45) is 5.92 Å². The molecule has 2 amide bonds. The van der Waals surface area contributed by atoms with E-state index in [2.05, 4.69) is 0 Å². The Labute approximate surface area is 126 Å². The minimum absolute atomic E-state index is 0.0637. The largest absolute Gasteiger partial charge is 0.481 e. The van der Waals surface area contributed by atoms with E-state index in [1.54, 1.807) is 9.80 Å². The molecule has 1 saturated heterocycles. The summed E-state index contributed by atoms with van der Waals surface area (Å²) in [6.07, 6.45) is 5.66. The summed E-state index contributed by atoms with van der Waals surface area (Å²) < 4.78 is 5.30. The minimum Gasteiger partial charge on any atom is -0.481 e. The van der Waals surface area contributed by atoms with Crippen molar-refractivity contribution in [3.05, 3.63) is 0 Å². The molecule has 2 atom stereocenters. The Morgan fingerprint density at radius 2 is 1.86 bits per heavy atom. The van der Waals surface area contributed by atoms with Gasteiger partial charge in [-0.05, 0) is 19.8 Å². The fraction of sp³-hybridized carbons (Fsp3) is 0.867. The van der Waals surface area contributed by atoms with Crippen LogP contribution in [-0.4, -0.2) is 65.8 Å². The van der Waals surface area contributed by atoms with Crippen molar-refractivity contribution in [2.75, 3.05) is 26.8 Å². The molecule has 1 heterocycles. The number of aliphatic carboxylic acids is 1. The third kappa shape index (κ3) is 3.48. The lowest BCUT2D eigenvalue weighted by atomic mass is 9.94. The van der Waals surface area contributed by atoms with Crippen molar-refractivity contribution in [2.45, 2.75) is 51.1 Å². The first-order chi connectivity index (χ1) is 10.1. The molecule has 2 aliphatic rings. The number of hydrogen-bond donors (Lipinski definition) is 1. The highest BCUT2D eigenvalue weighted by molar-refractivity contribution is 5.77. The van der Waals surface area contributed by atoms with E-state index < -0.39 is 11.9 Å². The number of carbonyl (C=O) groups is 2. The summed E-state index contributed by atoms with van der Waals surface area (Å²) in [4.78, 5) is 27.5. The standard InChI is InChI=1S/C15H26N2O4/c1-3-17(13-10-21-9-12(13)14(18)19)15(20)16(2)11-7-5-4-6-8-11/h11-13H,3-10H2,1-2H3,(H,18,19). The van der Waals surface area contributed by atoms with Crippen LogP contribution in [0.4, 0.5) is 4.79 Å². The zero-order valence-corrected chi connectivity index (χ0v) is 13.0. The van der Waals surface area contributed by atoms with Gasteiger partial charge in [-0.15, -0.1) is 0 Å². The van der Waals surface area contributed by atoms with Crippen LogP contribution in [0.25, 0.3) is 0 Å². The summed E-state index contributed by atoms with van der Waals surface area (Å²) in [6.45, 7) is 2.91. The molecule has 2 rings (SSSR count). The Morgan fingerprint density at radius 3 is 2.43 bits per heavy atom. The zero-order chi connectivity index (χ0) is 15.4. The molecule has 0 bridgehead atoms. The summed E-state index contributed by atoms with van der Waals surface area (Å²) in [5.41, 5.74) is 0. The molecule has 6 nitrogen and oxygen atoms in total. The van der Waals surface area contributed by atoms with E-state index in [4.69, 9.17) is 4.74 Å². The maximum atomic E-state index is 12.7. The molecule has 2 fully saturated rings. The van der Waals surface area contributed by atoms with E-state index in [0.29, 0.717) is 13.2 Å². The van der Waals surface area contributed by atoms with Crippen molar-refractivity contribution < 1.29 is 19.4 Å². The molecule has 1 aliphatic carbocycles. The van der Waals surface area contributed by atoms with Crippen LogP contribution >= 0.6 is 0 Å². The van der Waals surface area contributed by atoms with Gasteiger partial charge in [0.05, 0.1) is 19.3 Å². The van der Waals surface area contributed by atoms with Crippen molar-refractivity contribution >= 4 is 12.0 Å². The maximum Gasteiger partial charge on any atom is 0.320 e. The van der Waals surface area contributed by atoms with Crippen LogP contribution < -0.4 is 0 Å². The molecule has 1 N–H and O–H groups in total. The number of nitrogens with zero attached hydrogens (tertiary/aromatic N) is 2. The fourth-order valence-corrected chi connectivity index (χ4v) is 3.42. The molecule has 0 aromatic rings. The van der Waals surface area contributed by atoms with Crippen LogP contribution in [0.3, 0.4) is 0 Å². The van der Waals surface area contributed by atoms with Crippen LogP contribution in [0.15, 0.2) is 0 Å². The molecular weight excluding hydrogens is 272 g/mol. The molecule has 0 aromatic carbocycles. The number of carbonyl (C=O) groups excluding carboxylic acids is 1. The summed E-state index contributed by atoms with van der Waals surface area (Å²) in [5, 5.41) is 9.27. The highest BCUT2D eigenvalue weighted by atomic mass is 16.5. The SMILES string of the molecule is CCN(C(=O)N(C)C1CCCCC1)C1COCC1C(=O)O. The number of urea groups is 1. The van der Waals surface area contributed by atoms with E-state index in [1.807, 2.05) is 14.0 Å². The number of carboxylic acid groups (broad SMARTS) is 1. The van der Waals surface area contributed by atoms with Gasteiger partial charge < -0.3 is 19.6 Å². The lowest BCUT2D eigenvalue weighted by molar-refractivity contribution is -0.142. The van der Waals surface area contributed by atoms with E-state index in [0.717, 1.165) is 12.8 Å². The molecule has 0 spiro atoms. The second-order valence-corrected chi connectivity index (χ2v) is 6.02. The first-order valence-electron chi connectivity index (χ1n) is 7.90. The Hall–Kier alpha value is -1.30. The average molecular weight is 298 g/mol. The van der Waals surface area contributed by atoms with Gasteiger partial charge in [-0.25, -0.2) is 4.79 Å². The fourth-order valence-electron chi connectivity index (χ4n) is 3.42. The smallest absolute Gasteiger partial charge is 0.320 e. The van der Waals surface area contributed by atoms with Crippen LogP contribution in [0.5, 0.6) is 0 Å². The quantitative estimate of drug-likeness (QED) is 0.859. The second-order valence-electron chi connectivity index (χ2n) is 6.02. The summed E-state index contributed by atoms with van der Waals surface area (Å²) in [7, 11) is 1.84. The number of likely N-dealkylation sites (N-methyl/N-ethyl adjacent to an activating group) is 1. The van der Waals surface area contributed by atoms with Crippen molar-refractivity contribution in [3.8, 4) is 0 Å². The number of hydrogen-bond acceptors (Lipinski definition) is 3. The van der Waals surface area contributed by atoms with Crippen molar-refractivity contribution in [1.29, 1.82) is 0 Å². The number of amides is 2. The first kappa shape index (κ1) is 16.1. The van der Waals surface area contributed by atoms with E-state index in [-0.39, 0.29) is 24.7 Å². The van der Waals surface area contributed by atoms with Gasteiger partial charge in [-0.2, -0.15) is 0 Å². The lowest BCUT2D eigenvalue weighted by Crippen LogP contribution is -2.53. The van der Waals surface area contributed by atoms with E-state index >= 15 is 0 Å². The van der Waals surface area contributed by atoms with Gasteiger partial charge in [0.1, 0.15) is 5.92 Å². The van der Waals surface area contributed by atoms with Crippen molar-refractivity contribution in [3.63, 3.8) is 0 Å². The summed E-state index contributed by atoms with van der Waals surface area (Å²) >= 11 is 0. The van der Waals surface area contributed by atoms with Crippen LogP contribution in [0, 0.1) is 5.92 Å². The molecule has 21 heavy (non-hydrogen) atoms. The van der Waals surface area contributed by atoms with E-state index in [9.17, 15) is 14.7 Å². The highest BCUT2D eigenvalue weighted by Gasteiger charge is 2.40. The first-order valence-corrected chi connectivity index (χ1v) is 7.90. The normalized spacial score (nSPS) is 26.6. The molecule has 1 saturated carbocycles. The highest BCUT2D eigenvalue weighted by Crippen LogP contribution is 2.25. The van der Waals surface area contributed by atoms with Gasteiger partial charge >= 0.3 is 12.0 Å². The van der Waals surface area contributed by atoms with Gasteiger partial charge in [-0.1, -0.05) is 19.3 Å². The van der Waals surface area contributed by atoms with Crippen LogP contribution in [0.2, 0.25) is 0 Å². The Morgan fingerprint density at radius 1 is 1.19 bits per heavy atom. The number of rotatable bonds is 4. The van der Waals surface area contributed by atoms with Gasteiger partial charge in [0.25, 0.3) is 0 Å². The van der Waals surface area contributed by atoms with Crippen LogP contribution in [0.1, 0.15) is 39.0 Å². The minimum atomic E-state index is -0.885. The Kier molecular flexibility index (Phi) is 5.45. The zero-order valence-electron chi connectivity index (χ0n) is 13.0. The molecule has 2 unspecified atom stereocenters. The molecule has 6 heteroatoms. The van der Waals surface area contributed by atoms with Crippen molar-refractivity contribution in [1.82, 2.24) is 9.80 Å². The number of carboxylic acids is 1. The third-order valence-corrected chi connectivity index (χ3v) is 4.78. The summed E-state index contributed by atoms with van der Waals surface area (Å²) in [5.74, 6) is -1.50. The van der Waals surface area contributed by atoms with Gasteiger partial charge in [0.15, 0.2) is 0 Å². The summed E-state index contributed by atoms with van der Waals surface area (Å²) in [6, 6.07) is -0.136. The number of ether oxygens (including phenoxy) is 1. The van der Waals surface area contributed by atoms with Gasteiger partial charge in [-0.3, -0.25) is 4.79 Å². The lowest BCUT2D eigenvalue weighted by Gasteiger charge is -2.38. The predicted octanol–water partition coefficient (Wildman–Crippen LogP) is 1.79. The molecule has 0 aromatic heterocycles. The third-order valence-electron chi connectivity index (χ3n) is 4.78. The molecular formula is C15H26N2O4. The topological polar surface area (TPSA) is 70.1 Å². The molecule has 1 aliphatic heterocycles. The predicted molar refractivity (Wildman–Crippen MR) is 78.1 cm³/mol. The molecule has 120 valence electrons. The van der Waals surface area contributed by atoms with Gasteiger partial charge in [0, 0.05) is 19.6 Å². The van der Waals surface area contributed by atoms with Gasteiger partial charge in [0.2, 0.25) is 0 Å². The molecule has 0 radical (unpaired) electrons. The average Bonchev–Trinajstić information content (AvgIpc) is 2.97. The maximum absolute atomic E-state index is 12.7. The van der Waals surface area contributed by atoms with Crippen LogP contribution in [-0.2, 0) is 9.53 Å².